The Bertz CT molecular complexity index is 1400. The van der Waals surface area contributed by atoms with E-state index >= 15 is 0 Å². The summed E-state index contributed by atoms with van der Waals surface area (Å²) in [5.41, 5.74) is 2.52. The minimum atomic E-state index is -0.166. The molecule has 38 heavy (non-hydrogen) atoms. The van der Waals surface area contributed by atoms with E-state index in [0.717, 1.165) is 48.0 Å². The molecule has 196 valence electrons. The van der Waals surface area contributed by atoms with Gasteiger partial charge in [0.05, 0.1) is 5.52 Å². The Morgan fingerprint density at radius 2 is 1.74 bits per heavy atom. The topological polar surface area (TPSA) is 92.3 Å². The molecule has 4 aromatic rings. The van der Waals surface area contributed by atoms with Crippen molar-refractivity contribution >= 4 is 28.6 Å². The zero-order chi connectivity index (χ0) is 26.5. The van der Waals surface area contributed by atoms with Gasteiger partial charge in [-0.15, -0.1) is 0 Å². The van der Waals surface area contributed by atoms with Crippen LogP contribution in [0, 0.1) is 12.8 Å². The maximum atomic E-state index is 13.0. The second-order valence-corrected chi connectivity index (χ2v) is 10.1. The molecule has 0 atom stereocenters. The average molecular weight is 511 g/mol. The second-order valence-electron chi connectivity index (χ2n) is 10.1. The number of fused-ring (bicyclic) bond motifs is 1. The van der Waals surface area contributed by atoms with Gasteiger partial charge in [0.15, 0.2) is 0 Å². The number of para-hydroxylation sites is 1. The number of rotatable bonds is 8. The van der Waals surface area contributed by atoms with Crippen LogP contribution in [0.5, 0.6) is 11.6 Å². The minimum Gasteiger partial charge on any atom is -0.438 e. The van der Waals surface area contributed by atoms with E-state index in [9.17, 15) is 4.79 Å². The van der Waals surface area contributed by atoms with E-state index in [4.69, 9.17) is 14.7 Å². The number of nitrogens with zero attached hydrogens (tertiary/aromatic N) is 4. The van der Waals surface area contributed by atoms with E-state index in [1.807, 2.05) is 68.4 Å². The first-order chi connectivity index (χ1) is 18.5. The maximum Gasteiger partial charge on any atom is 0.256 e. The molecule has 1 saturated carbocycles. The number of amides is 1. The van der Waals surface area contributed by atoms with E-state index in [1.54, 1.807) is 18.3 Å². The summed E-state index contributed by atoms with van der Waals surface area (Å²) >= 11 is 0. The van der Waals surface area contributed by atoms with Gasteiger partial charge in [0.1, 0.15) is 17.1 Å². The molecule has 8 heteroatoms. The lowest BCUT2D eigenvalue weighted by Crippen LogP contribution is -2.34. The van der Waals surface area contributed by atoms with E-state index in [1.165, 1.54) is 0 Å². The van der Waals surface area contributed by atoms with Crippen molar-refractivity contribution in [1.82, 2.24) is 20.3 Å². The number of hydrogen-bond acceptors (Lipinski definition) is 7. The average Bonchev–Trinajstić information content (AvgIpc) is 2.93. The van der Waals surface area contributed by atoms with Crippen molar-refractivity contribution < 1.29 is 9.53 Å². The molecule has 2 aromatic carbocycles. The van der Waals surface area contributed by atoms with E-state index < -0.39 is 0 Å². The van der Waals surface area contributed by atoms with E-state index in [0.29, 0.717) is 41.6 Å². The Hall–Kier alpha value is -4.20. The number of carbonyl (C=O) groups is 1. The first-order valence-electron chi connectivity index (χ1n) is 13.1. The first kappa shape index (κ1) is 25.4. The number of aryl methyl sites for hydroxylation is 1. The Balaban J connectivity index is 1.15. The van der Waals surface area contributed by atoms with Crippen LogP contribution in [0.15, 0.2) is 66.9 Å². The van der Waals surface area contributed by atoms with Crippen molar-refractivity contribution in [2.24, 2.45) is 5.92 Å². The molecule has 2 heterocycles. The van der Waals surface area contributed by atoms with Crippen molar-refractivity contribution in [2.45, 2.75) is 38.6 Å². The van der Waals surface area contributed by atoms with Crippen LogP contribution in [0.1, 0.15) is 41.6 Å². The normalized spacial score (nSPS) is 17.1. The highest BCUT2D eigenvalue weighted by molar-refractivity contribution is 5.96. The number of anilines is 2. The number of carbonyl (C=O) groups excluding carboxylic acids is 1. The molecule has 1 fully saturated rings. The van der Waals surface area contributed by atoms with Gasteiger partial charge in [-0.25, -0.2) is 9.97 Å². The van der Waals surface area contributed by atoms with Gasteiger partial charge in [0.25, 0.3) is 5.91 Å². The largest absolute Gasteiger partial charge is 0.438 e. The van der Waals surface area contributed by atoms with Gasteiger partial charge < -0.3 is 20.3 Å². The Morgan fingerprint density at radius 1 is 0.974 bits per heavy atom. The molecule has 0 bridgehead atoms. The Kier molecular flexibility index (Phi) is 7.67. The van der Waals surface area contributed by atoms with E-state index in [-0.39, 0.29) is 5.91 Å². The SMILES string of the molecule is Cc1ccc(Oc2ncccc2C(=O)NC[C@H]2CC[C@@H](Nc3nc(N(C)C)c4ccccc4n3)CC2)cc1. The number of benzene rings is 2. The molecule has 1 aliphatic rings. The van der Waals surface area contributed by atoms with Crippen molar-refractivity contribution in [3.63, 3.8) is 0 Å². The third-order valence-electron chi connectivity index (χ3n) is 6.99. The molecule has 5 rings (SSSR count). The summed E-state index contributed by atoms with van der Waals surface area (Å²) in [7, 11) is 4.00. The molecular formula is C30H34N6O2. The Morgan fingerprint density at radius 3 is 2.50 bits per heavy atom. The lowest BCUT2D eigenvalue weighted by molar-refractivity contribution is 0.0940. The molecule has 0 saturated heterocycles. The van der Waals surface area contributed by atoms with Gasteiger partial charge in [-0.1, -0.05) is 29.8 Å². The summed E-state index contributed by atoms with van der Waals surface area (Å²) in [5, 5.41) is 7.70. The standard InChI is InChI=1S/C30H34N6O2/c1-20-10-16-23(17-11-20)38-29-25(8-6-18-31-29)28(37)32-19-21-12-14-22(15-13-21)33-30-34-26-9-5-4-7-24(26)27(35-30)36(2)3/h4-11,16-18,21-22H,12-15,19H2,1-3H3,(H,32,37)(H,33,34,35)/t21-,22+. The van der Waals surface area contributed by atoms with Crippen molar-refractivity contribution in [2.75, 3.05) is 30.9 Å². The highest BCUT2D eigenvalue weighted by Gasteiger charge is 2.23. The van der Waals surface area contributed by atoms with Crippen LogP contribution in [0.4, 0.5) is 11.8 Å². The number of pyridine rings is 1. The molecule has 2 aromatic heterocycles. The van der Waals surface area contributed by atoms with Crippen LogP contribution in [0.2, 0.25) is 0 Å². The number of ether oxygens (including phenoxy) is 1. The van der Waals surface area contributed by atoms with Gasteiger partial charge in [-0.2, -0.15) is 4.98 Å². The number of hydrogen-bond donors (Lipinski definition) is 2. The smallest absolute Gasteiger partial charge is 0.256 e. The third kappa shape index (κ3) is 6.02. The fraction of sp³-hybridized carbons (Fsp3) is 0.333. The lowest BCUT2D eigenvalue weighted by Gasteiger charge is -2.29. The van der Waals surface area contributed by atoms with Gasteiger partial charge in [-0.3, -0.25) is 4.79 Å². The lowest BCUT2D eigenvalue weighted by atomic mass is 9.86. The maximum absolute atomic E-state index is 13.0. The Labute approximate surface area is 223 Å². The molecule has 1 amide bonds. The van der Waals surface area contributed by atoms with Crippen LogP contribution in [0.25, 0.3) is 10.9 Å². The first-order valence-corrected chi connectivity index (χ1v) is 13.1. The van der Waals surface area contributed by atoms with Crippen LogP contribution in [-0.4, -0.2) is 47.5 Å². The quantitative estimate of drug-likeness (QED) is 0.319. The molecule has 0 aliphatic heterocycles. The minimum absolute atomic E-state index is 0.166. The molecule has 2 N–H and O–H groups in total. The van der Waals surface area contributed by atoms with Gasteiger partial charge in [-0.05, 0) is 74.9 Å². The van der Waals surface area contributed by atoms with Crippen LogP contribution in [0.3, 0.4) is 0 Å². The zero-order valence-electron chi connectivity index (χ0n) is 22.1. The highest BCUT2D eigenvalue weighted by Crippen LogP contribution is 2.29. The fourth-order valence-electron chi connectivity index (χ4n) is 4.85. The highest BCUT2D eigenvalue weighted by atomic mass is 16.5. The van der Waals surface area contributed by atoms with Gasteiger partial charge in [0, 0.05) is 38.3 Å². The van der Waals surface area contributed by atoms with E-state index in [2.05, 4.69) is 21.7 Å². The van der Waals surface area contributed by atoms with Gasteiger partial charge in [0.2, 0.25) is 11.8 Å². The summed E-state index contributed by atoms with van der Waals surface area (Å²) in [5.74, 6) is 2.81. The molecule has 8 nitrogen and oxygen atoms in total. The van der Waals surface area contributed by atoms with Crippen molar-refractivity contribution in [3.05, 3.63) is 78.0 Å². The van der Waals surface area contributed by atoms with Crippen LogP contribution >= 0.6 is 0 Å². The number of aromatic nitrogens is 3. The third-order valence-corrected chi connectivity index (χ3v) is 6.99. The number of nitrogens with one attached hydrogen (secondary N) is 2. The zero-order valence-corrected chi connectivity index (χ0v) is 22.1. The molecule has 0 radical (unpaired) electrons. The summed E-state index contributed by atoms with van der Waals surface area (Å²) in [6.07, 6.45) is 5.68. The van der Waals surface area contributed by atoms with Crippen LogP contribution in [-0.2, 0) is 0 Å². The van der Waals surface area contributed by atoms with Gasteiger partial charge >= 0.3 is 0 Å². The monoisotopic (exact) mass is 510 g/mol. The van der Waals surface area contributed by atoms with Crippen molar-refractivity contribution in [1.29, 1.82) is 0 Å². The van der Waals surface area contributed by atoms with Crippen molar-refractivity contribution in [3.8, 4) is 11.6 Å². The molecule has 0 spiro atoms. The summed E-state index contributed by atoms with van der Waals surface area (Å²) in [6.45, 7) is 2.65. The summed E-state index contributed by atoms with van der Waals surface area (Å²) in [6, 6.07) is 19.6. The summed E-state index contributed by atoms with van der Waals surface area (Å²) < 4.78 is 5.90. The second kappa shape index (κ2) is 11.5. The molecule has 0 unspecified atom stereocenters. The molecular weight excluding hydrogens is 476 g/mol. The van der Waals surface area contributed by atoms with Crippen LogP contribution < -0.4 is 20.3 Å². The molecule has 1 aliphatic carbocycles. The predicted molar refractivity (Wildman–Crippen MR) is 151 cm³/mol. The predicted octanol–water partition coefficient (Wildman–Crippen LogP) is 5.59. The fourth-order valence-corrected chi connectivity index (χ4v) is 4.85. The summed E-state index contributed by atoms with van der Waals surface area (Å²) in [4.78, 5) is 28.8.